The zero-order valence-corrected chi connectivity index (χ0v) is 10.9. The number of sulfonamides is 1. The number of thiophene rings is 1. The van der Waals surface area contributed by atoms with Crippen LogP contribution < -0.4 is 0 Å². The van der Waals surface area contributed by atoms with Gasteiger partial charge in [0.1, 0.15) is 0 Å². The van der Waals surface area contributed by atoms with E-state index in [0.29, 0.717) is 19.5 Å². The van der Waals surface area contributed by atoms with Crippen molar-refractivity contribution in [2.75, 3.05) is 6.54 Å². The third kappa shape index (κ3) is 2.22. The molecule has 1 aromatic heterocycles. The Morgan fingerprint density at radius 2 is 2.29 bits per heavy atom. The summed E-state index contributed by atoms with van der Waals surface area (Å²) in [5.41, 5.74) is 0.988. The first-order valence-corrected chi connectivity index (χ1v) is 7.58. The molecule has 17 heavy (non-hydrogen) atoms. The van der Waals surface area contributed by atoms with Crippen LogP contribution in [0.2, 0.25) is 0 Å². The number of fused-ring (bicyclic) bond motifs is 1. The van der Waals surface area contributed by atoms with Gasteiger partial charge in [-0.1, -0.05) is 0 Å². The summed E-state index contributed by atoms with van der Waals surface area (Å²) in [6.07, 6.45) is 0.665. The predicted molar refractivity (Wildman–Crippen MR) is 64.5 cm³/mol. The number of hydrogen-bond donors (Lipinski definition) is 1. The summed E-state index contributed by atoms with van der Waals surface area (Å²) in [6.45, 7) is 1.87. The quantitative estimate of drug-likeness (QED) is 0.889. The molecule has 2 rings (SSSR count). The molecule has 0 saturated heterocycles. The van der Waals surface area contributed by atoms with E-state index in [9.17, 15) is 13.2 Å². The van der Waals surface area contributed by atoms with Gasteiger partial charge in [0.15, 0.2) is 5.25 Å². The van der Waals surface area contributed by atoms with Crippen molar-refractivity contribution in [1.29, 1.82) is 0 Å². The highest BCUT2D eigenvalue weighted by molar-refractivity contribution is 7.90. The van der Waals surface area contributed by atoms with E-state index < -0.39 is 21.2 Å². The lowest BCUT2D eigenvalue weighted by Gasteiger charge is -2.27. The lowest BCUT2D eigenvalue weighted by molar-refractivity contribution is -0.136. The van der Waals surface area contributed by atoms with Gasteiger partial charge >= 0.3 is 5.97 Å². The zero-order chi connectivity index (χ0) is 12.6. The zero-order valence-electron chi connectivity index (χ0n) is 9.29. The van der Waals surface area contributed by atoms with Crippen LogP contribution in [0, 0.1) is 0 Å². The molecule has 0 saturated carbocycles. The summed E-state index contributed by atoms with van der Waals surface area (Å²) in [6, 6.07) is 1.90. The Hall–Kier alpha value is -0.920. The van der Waals surface area contributed by atoms with Crippen LogP contribution >= 0.6 is 11.3 Å². The van der Waals surface area contributed by atoms with Crippen LogP contribution in [0.1, 0.15) is 17.4 Å². The highest BCUT2D eigenvalue weighted by atomic mass is 32.2. The Kier molecular flexibility index (Phi) is 3.24. The molecule has 5 nitrogen and oxygen atoms in total. The molecule has 0 aliphatic carbocycles. The first-order valence-electron chi connectivity index (χ1n) is 5.20. The second-order valence-corrected chi connectivity index (χ2v) is 7.23. The Balaban J connectivity index is 2.24. The van der Waals surface area contributed by atoms with E-state index in [4.69, 9.17) is 5.11 Å². The second-order valence-electron chi connectivity index (χ2n) is 3.98. The molecule has 0 fully saturated rings. The molecular formula is C10H13NO4S2. The van der Waals surface area contributed by atoms with Crippen molar-refractivity contribution >= 4 is 27.3 Å². The summed E-state index contributed by atoms with van der Waals surface area (Å²) >= 11 is 1.61. The number of carboxylic acids is 1. The molecule has 0 amide bonds. The monoisotopic (exact) mass is 275 g/mol. The number of rotatable bonds is 3. The maximum atomic E-state index is 12.0. The largest absolute Gasteiger partial charge is 0.480 e. The first-order chi connectivity index (χ1) is 7.93. The van der Waals surface area contributed by atoms with Gasteiger partial charge in [-0.25, -0.2) is 8.42 Å². The molecule has 2 heterocycles. The average molecular weight is 275 g/mol. The van der Waals surface area contributed by atoms with Crippen LogP contribution in [0.3, 0.4) is 0 Å². The van der Waals surface area contributed by atoms with Crippen LogP contribution in [0.15, 0.2) is 11.4 Å². The first kappa shape index (κ1) is 12.5. The molecule has 0 spiro atoms. The molecule has 0 aromatic carbocycles. The van der Waals surface area contributed by atoms with Crippen LogP contribution in [0.25, 0.3) is 0 Å². The number of carbonyl (C=O) groups is 1. The summed E-state index contributed by atoms with van der Waals surface area (Å²) in [7, 11) is -3.74. The van der Waals surface area contributed by atoms with E-state index in [1.807, 2.05) is 11.4 Å². The van der Waals surface area contributed by atoms with E-state index in [1.54, 1.807) is 11.3 Å². The third-order valence-corrected chi connectivity index (χ3v) is 6.08. The van der Waals surface area contributed by atoms with E-state index >= 15 is 0 Å². The van der Waals surface area contributed by atoms with Crippen LogP contribution in [0.4, 0.5) is 0 Å². The molecule has 1 unspecified atom stereocenters. The van der Waals surface area contributed by atoms with Gasteiger partial charge in [-0.2, -0.15) is 4.31 Å². The Morgan fingerprint density at radius 3 is 2.94 bits per heavy atom. The van der Waals surface area contributed by atoms with Crippen molar-refractivity contribution in [3.8, 4) is 0 Å². The number of aliphatic carboxylic acids is 1. The van der Waals surface area contributed by atoms with E-state index in [-0.39, 0.29) is 0 Å². The minimum atomic E-state index is -3.74. The molecule has 1 atom stereocenters. The number of carboxylic acid groups (broad SMARTS) is 1. The van der Waals surface area contributed by atoms with Crippen LogP contribution in [-0.4, -0.2) is 35.6 Å². The van der Waals surface area contributed by atoms with Crippen LogP contribution in [0.5, 0.6) is 0 Å². The lowest BCUT2D eigenvalue weighted by atomic mass is 10.1. The third-order valence-electron chi connectivity index (χ3n) is 2.93. The van der Waals surface area contributed by atoms with Crippen molar-refractivity contribution in [3.05, 3.63) is 21.9 Å². The summed E-state index contributed by atoms with van der Waals surface area (Å²) < 4.78 is 25.3. The summed E-state index contributed by atoms with van der Waals surface area (Å²) in [5, 5.41) is 9.35. The Bertz CT molecular complexity index is 534. The molecule has 0 bridgehead atoms. The number of nitrogens with zero attached hydrogens (tertiary/aromatic N) is 1. The van der Waals surface area contributed by atoms with E-state index in [1.165, 1.54) is 16.1 Å². The fourth-order valence-electron chi connectivity index (χ4n) is 1.79. The normalized spacial score (nSPS) is 18.6. The molecule has 1 aliphatic rings. The standard InChI is InChI=1S/C10H13NO4S2/c1-7(10(12)13)17(14,15)11-4-2-9-8(6-11)3-5-16-9/h3,5,7H,2,4,6H2,1H3,(H,12,13). The molecule has 7 heteroatoms. The molecular weight excluding hydrogens is 262 g/mol. The number of hydrogen-bond acceptors (Lipinski definition) is 4. The van der Waals surface area contributed by atoms with E-state index in [2.05, 4.69) is 0 Å². The van der Waals surface area contributed by atoms with Gasteiger partial charge in [-0.05, 0) is 30.4 Å². The second kappa shape index (κ2) is 4.40. The highest BCUT2D eigenvalue weighted by Crippen LogP contribution is 2.26. The fourth-order valence-corrected chi connectivity index (χ4v) is 4.05. The highest BCUT2D eigenvalue weighted by Gasteiger charge is 2.35. The molecule has 0 radical (unpaired) electrons. The minimum Gasteiger partial charge on any atom is -0.480 e. The van der Waals surface area contributed by atoms with Gasteiger partial charge < -0.3 is 5.11 Å². The average Bonchev–Trinajstić information content (AvgIpc) is 2.74. The van der Waals surface area contributed by atoms with Gasteiger partial charge in [0, 0.05) is 18.0 Å². The summed E-state index contributed by atoms with van der Waals surface area (Å²) in [5.74, 6) is -1.30. The topological polar surface area (TPSA) is 74.7 Å². The van der Waals surface area contributed by atoms with Gasteiger partial charge in [-0.15, -0.1) is 11.3 Å². The minimum absolute atomic E-state index is 0.290. The maximum absolute atomic E-state index is 12.0. The van der Waals surface area contributed by atoms with Crippen LogP contribution in [-0.2, 0) is 27.8 Å². The Morgan fingerprint density at radius 1 is 1.59 bits per heavy atom. The Labute approximate surface area is 104 Å². The lowest BCUT2D eigenvalue weighted by Crippen LogP contribution is -2.43. The van der Waals surface area contributed by atoms with E-state index in [0.717, 1.165) is 5.56 Å². The molecule has 94 valence electrons. The van der Waals surface area contributed by atoms with Gasteiger partial charge in [-0.3, -0.25) is 4.79 Å². The van der Waals surface area contributed by atoms with Gasteiger partial charge in [0.2, 0.25) is 10.0 Å². The SMILES string of the molecule is CC(C(=O)O)S(=O)(=O)N1CCc2sccc2C1. The van der Waals surface area contributed by atoms with Gasteiger partial charge in [0.05, 0.1) is 0 Å². The molecule has 1 aromatic rings. The smallest absolute Gasteiger partial charge is 0.323 e. The van der Waals surface area contributed by atoms with Crippen molar-refractivity contribution < 1.29 is 18.3 Å². The summed E-state index contributed by atoms with van der Waals surface area (Å²) in [4.78, 5) is 12.0. The van der Waals surface area contributed by atoms with Crippen molar-refractivity contribution in [2.45, 2.75) is 25.1 Å². The molecule has 1 aliphatic heterocycles. The predicted octanol–water partition coefficient (Wildman–Crippen LogP) is 0.909. The van der Waals surface area contributed by atoms with Crippen molar-refractivity contribution in [1.82, 2.24) is 4.31 Å². The molecule has 1 N–H and O–H groups in total. The van der Waals surface area contributed by atoms with Crippen molar-refractivity contribution in [2.24, 2.45) is 0 Å². The van der Waals surface area contributed by atoms with Gasteiger partial charge in [0.25, 0.3) is 0 Å². The maximum Gasteiger partial charge on any atom is 0.323 e. The van der Waals surface area contributed by atoms with Crippen molar-refractivity contribution in [3.63, 3.8) is 0 Å². The fraction of sp³-hybridized carbons (Fsp3) is 0.500.